The Kier molecular flexibility index (Phi) is 6.12. The van der Waals surface area contributed by atoms with Gasteiger partial charge < -0.3 is 5.11 Å². The Morgan fingerprint density at radius 1 is 1.40 bits per heavy atom. The predicted octanol–water partition coefficient (Wildman–Crippen LogP) is 2.75. The Bertz CT molecular complexity index is 575. The van der Waals surface area contributed by atoms with Crippen molar-refractivity contribution >= 4 is 26.0 Å². The number of sulfonamides is 1. The van der Waals surface area contributed by atoms with E-state index in [0.717, 1.165) is 0 Å². The minimum Gasteiger partial charge on any atom is -0.392 e. The summed E-state index contributed by atoms with van der Waals surface area (Å²) in [5.41, 5.74) is -0.0430. The van der Waals surface area contributed by atoms with Crippen molar-refractivity contribution in [1.82, 2.24) is 4.31 Å². The number of halogens is 2. The second-order valence-corrected chi connectivity index (χ2v) is 7.71. The molecular formula is C13H19BrFNO3S. The lowest BCUT2D eigenvalue weighted by atomic mass is 10.2. The number of benzene rings is 1. The third-order valence-corrected chi connectivity index (χ3v) is 5.19. The molecule has 0 spiro atoms. The molecule has 0 amide bonds. The van der Waals surface area contributed by atoms with E-state index in [1.54, 1.807) is 6.92 Å². The lowest BCUT2D eigenvalue weighted by molar-refractivity contribution is 0.274. The van der Waals surface area contributed by atoms with Crippen LogP contribution in [0.5, 0.6) is 0 Å². The molecule has 20 heavy (non-hydrogen) atoms. The van der Waals surface area contributed by atoms with Crippen LogP contribution in [0.4, 0.5) is 4.39 Å². The van der Waals surface area contributed by atoms with Crippen LogP contribution >= 0.6 is 15.9 Å². The van der Waals surface area contributed by atoms with Gasteiger partial charge in [-0.05, 0) is 18.1 Å². The van der Waals surface area contributed by atoms with Crippen molar-refractivity contribution in [2.24, 2.45) is 5.92 Å². The normalized spacial score (nSPS) is 12.4. The summed E-state index contributed by atoms with van der Waals surface area (Å²) < 4.78 is 40.9. The molecule has 0 aliphatic heterocycles. The van der Waals surface area contributed by atoms with E-state index in [4.69, 9.17) is 5.11 Å². The quantitative estimate of drug-likeness (QED) is 0.840. The summed E-state index contributed by atoms with van der Waals surface area (Å²) in [6, 6.07) is 2.60. The summed E-state index contributed by atoms with van der Waals surface area (Å²) in [5, 5.41) is 9.11. The van der Waals surface area contributed by atoms with E-state index in [1.165, 1.54) is 16.4 Å². The van der Waals surface area contributed by atoms with E-state index in [-0.39, 0.29) is 18.0 Å². The zero-order valence-corrected chi connectivity index (χ0v) is 14.1. The van der Waals surface area contributed by atoms with Gasteiger partial charge in [0.2, 0.25) is 10.0 Å². The molecule has 1 aromatic carbocycles. The molecule has 0 aromatic heterocycles. The molecule has 0 saturated heterocycles. The van der Waals surface area contributed by atoms with Gasteiger partial charge in [-0.2, -0.15) is 4.31 Å². The molecule has 0 aliphatic rings. The lowest BCUT2D eigenvalue weighted by Gasteiger charge is -2.23. The molecule has 1 rings (SSSR count). The Morgan fingerprint density at radius 3 is 2.45 bits per heavy atom. The van der Waals surface area contributed by atoms with Crippen molar-refractivity contribution in [3.63, 3.8) is 0 Å². The van der Waals surface area contributed by atoms with Gasteiger partial charge in [-0.15, -0.1) is 0 Å². The number of aliphatic hydroxyl groups is 1. The van der Waals surface area contributed by atoms with Crippen molar-refractivity contribution in [3.8, 4) is 0 Å². The maximum atomic E-state index is 14.2. The third-order valence-electron chi connectivity index (χ3n) is 2.79. The summed E-state index contributed by atoms with van der Waals surface area (Å²) >= 11 is 3.14. The highest BCUT2D eigenvalue weighted by molar-refractivity contribution is 9.10. The van der Waals surface area contributed by atoms with Gasteiger partial charge in [-0.25, -0.2) is 12.8 Å². The van der Waals surface area contributed by atoms with Crippen molar-refractivity contribution in [2.75, 3.05) is 13.1 Å². The van der Waals surface area contributed by atoms with Gasteiger partial charge in [-0.1, -0.05) is 36.7 Å². The molecule has 0 bridgehead atoms. The second kappa shape index (κ2) is 6.98. The maximum Gasteiger partial charge on any atom is 0.246 e. The highest BCUT2D eigenvalue weighted by Gasteiger charge is 2.28. The standard InChI is InChI=1S/C13H19BrFNO3S/c1-4-16(7-9(2)3)20(18,19)12-6-11(14)5-10(8-17)13(12)15/h5-6,9,17H,4,7-8H2,1-3H3. The van der Waals surface area contributed by atoms with Crippen LogP contribution < -0.4 is 0 Å². The summed E-state index contributed by atoms with van der Waals surface area (Å²) in [6.07, 6.45) is 0. The molecule has 7 heteroatoms. The van der Waals surface area contributed by atoms with Gasteiger partial charge in [0.05, 0.1) is 6.61 Å². The molecule has 0 unspecified atom stereocenters. The van der Waals surface area contributed by atoms with Gasteiger partial charge in [-0.3, -0.25) is 0 Å². The fourth-order valence-electron chi connectivity index (χ4n) is 1.86. The first kappa shape index (κ1) is 17.6. The number of hydrogen-bond acceptors (Lipinski definition) is 3. The van der Waals surface area contributed by atoms with Gasteiger partial charge >= 0.3 is 0 Å². The topological polar surface area (TPSA) is 57.6 Å². The monoisotopic (exact) mass is 367 g/mol. The van der Waals surface area contributed by atoms with E-state index < -0.39 is 27.3 Å². The molecule has 4 nitrogen and oxygen atoms in total. The summed E-state index contributed by atoms with van der Waals surface area (Å²) in [5.74, 6) is -0.754. The molecule has 0 fully saturated rings. The molecule has 1 aromatic rings. The molecule has 1 N–H and O–H groups in total. The Balaban J connectivity index is 3.37. The Hall–Kier alpha value is -0.500. The van der Waals surface area contributed by atoms with Crippen molar-refractivity contribution < 1.29 is 17.9 Å². The van der Waals surface area contributed by atoms with E-state index in [0.29, 0.717) is 11.0 Å². The van der Waals surface area contributed by atoms with Crippen LogP contribution in [0.15, 0.2) is 21.5 Å². The summed E-state index contributed by atoms with van der Waals surface area (Å²) in [4.78, 5) is -0.404. The Labute approximate surface area is 127 Å². The number of hydrogen-bond donors (Lipinski definition) is 1. The third kappa shape index (κ3) is 3.78. The van der Waals surface area contributed by atoms with Crippen LogP contribution in [0, 0.1) is 11.7 Å². The smallest absolute Gasteiger partial charge is 0.246 e. The number of rotatable bonds is 6. The van der Waals surface area contributed by atoms with Gasteiger partial charge in [0.25, 0.3) is 0 Å². The molecule has 0 radical (unpaired) electrons. The lowest BCUT2D eigenvalue weighted by Crippen LogP contribution is -2.34. The van der Waals surface area contributed by atoms with E-state index >= 15 is 0 Å². The maximum absolute atomic E-state index is 14.2. The number of aliphatic hydroxyl groups excluding tert-OH is 1. The van der Waals surface area contributed by atoms with Crippen LogP contribution in [0.2, 0.25) is 0 Å². The van der Waals surface area contributed by atoms with Crippen LogP contribution in [-0.2, 0) is 16.6 Å². The highest BCUT2D eigenvalue weighted by atomic mass is 79.9. The first-order valence-electron chi connectivity index (χ1n) is 6.32. The average Bonchev–Trinajstić information content (AvgIpc) is 2.37. The Morgan fingerprint density at radius 2 is 2.00 bits per heavy atom. The van der Waals surface area contributed by atoms with Crippen LogP contribution in [0.3, 0.4) is 0 Å². The molecule has 0 aliphatic carbocycles. The fourth-order valence-corrected chi connectivity index (χ4v) is 4.27. The van der Waals surface area contributed by atoms with Crippen molar-refractivity contribution in [1.29, 1.82) is 0 Å². The van der Waals surface area contributed by atoms with Gasteiger partial charge in [0.15, 0.2) is 0 Å². The molecule has 0 atom stereocenters. The largest absolute Gasteiger partial charge is 0.392 e. The van der Waals surface area contributed by atoms with Crippen LogP contribution in [-0.4, -0.2) is 30.9 Å². The summed E-state index contributed by atoms with van der Waals surface area (Å²) in [7, 11) is -3.91. The highest BCUT2D eigenvalue weighted by Crippen LogP contribution is 2.27. The molecular weight excluding hydrogens is 349 g/mol. The van der Waals surface area contributed by atoms with Crippen molar-refractivity contribution in [3.05, 3.63) is 28.0 Å². The SMILES string of the molecule is CCN(CC(C)C)S(=O)(=O)c1cc(Br)cc(CO)c1F. The van der Waals surface area contributed by atoms with E-state index in [1.807, 2.05) is 13.8 Å². The molecule has 0 saturated carbocycles. The zero-order chi connectivity index (χ0) is 15.5. The number of nitrogens with zero attached hydrogens (tertiary/aromatic N) is 1. The molecule has 114 valence electrons. The predicted molar refractivity (Wildman–Crippen MR) is 79.3 cm³/mol. The van der Waals surface area contributed by atoms with Crippen LogP contribution in [0.1, 0.15) is 26.3 Å². The van der Waals surface area contributed by atoms with Gasteiger partial charge in [0.1, 0.15) is 10.7 Å². The zero-order valence-electron chi connectivity index (χ0n) is 11.7. The average molecular weight is 368 g/mol. The van der Waals surface area contributed by atoms with E-state index in [2.05, 4.69) is 15.9 Å². The van der Waals surface area contributed by atoms with Crippen molar-refractivity contribution in [2.45, 2.75) is 32.3 Å². The fraction of sp³-hybridized carbons (Fsp3) is 0.538. The minimum absolute atomic E-state index is 0.0430. The summed E-state index contributed by atoms with van der Waals surface area (Å²) in [6.45, 7) is 5.54. The van der Waals surface area contributed by atoms with E-state index in [9.17, 15) is 12.8 Å². The minimum atomic E-state index is -3.91. The molecule has 0 heterocycles. The van der Waals surface area contributed by atoms with Crippen LogP contribution in [0.25, 0.3) is 0 Å². The first-order chi connectivity index (χ1) is 9.23. The second-order valence-electron chi connectivity index (χ2n) is 4.88. The van der Waals surface area contributed by atoms with Gasteiger partial charge in [0, 0.05) is 23.1 Å². The first-order valence-corrected chi connectivity index (χ1v) is 8.56.